The highest BCUT2D eigenvalue weighted by atomic mass is 16.7. The number of unbranched alkanes of at least 4 members (excludes halogenated alkanes) is 27. The molecule has 0 rings (SSSR count). The van der Waals surface area contributed by atoms with Crippen molar-refractivity contribution in [2.24, 2.45) is 0 Å². The Morgan fingerprint density at radius 3 is 1.06 bits per heavy atom. The number of carboxylic acid groups (broad SMARTS) is 1. The molecule has 0 spiro atoms. The maximum absolute atomic E-state index is 12.9. The first-order valence-corrected chi connectivity index (χ1v) is 33.1. The van der Waals surface area contributed by atoms with Crippen LogP contribution in [0.5, 0.6) is 0 Å². The lowest BCUT2D eigenvalue weighted by molar-refractivity contribution is -0.870. The summed E-state index contributed by atoms with van der Waals surface area (Å²) in [7, 11) is 5.97. The third-order valence-electron chi connectivity index (χ3n) is 14.0. The Labute approximate surface area is 498 Å². The van der Waals surface area contributed by atoms with Crippen molar-refractivity contribution >= 4 is 17.9 Å². The Morgan fingerprint density at radius 2 is 0.704 bits per heavy atom. The first-order chi connectivity index (χ1) is 39.6. The fourth-order valence-corrected chi connectivity index (χ4v) is 8.97. The molecule has 0 bridgehead atoms. The van der Waals surface area contributed by atoms with E-state index in [9.17, 15) is 19.5 Å². The van der Waals surface area contributed by atoms with Gasteiger partial charge < -0.3 is 28.5 Å². The van der Waals surface area contributed by atoms with E-state index in [0.29, 0.717) is 23.9 Å². The molecule has 9 heteroatoms. The molecule has 0 saturated heterocycles. The molecule has 0 aliphatic heterocycles. The minimum atomic E-state index is -1.52. The van der Waals surface area contributed by atoms with E-state index in [2.05, 4.69) is 123 Å². The standard InChI is InChI=1S/C72H123NO8/c1-6-8-10-12-14-16-18-20-22-24-26-28-30-31-32-33-34-35-36-37-38-39-41-43-45-47-49-51-53-55-57-59-61-63-70(75)81-68(67-80-72(71(76)77)78-65-64-73(3,4)5)66-79-69(74)62-60-58-56-54-52-50-48-46-44-42-40-29-27-25-23-21-19-17-15-13-11-9-7-2/h8,10,14,16,20,22,25-28,31-32,34-35,37-38,41,43,68,72H,6-7,9,11-13,15,17-19,21,23-24,29-30,33,36,39-40,42,44-67H2,1-5H3/p+1/b10-8-,16-14-,22-20-,27-25-,28-26-,32-31-,35-34-,38-37-,43-41-. The smallest absolute Gasteiger partial charge is 0.361 e. The number of quaternary nitrogens is 1. The van der Waals surface area contributed by atoms with Gasteiger partial charge in [0.05, 0.1) is 34.4 Å². The number of hydrogen-bond donors (Lipinski definition) is 1. The number of nitrogens with zero attached hydrogens (tertiary/aromatic N) is 1. The van der Waals surface area contributed by atoms with Crippen molar-refractivity contribution in [3.8, 4) is 0 Å². The van der Waals surface area contributed by atoms with Gasteiger partial charge in [-0.25, -0.2) is 4.79 Å². The molecule has 0 aromatic carbocycles. The van der Waals surface area contributed by atoms with Gasteiger partial charge in [0.15, 0.2) is 6.10 Å². The highest BCUT2D eigenvalue weighted by Gasteiger charge is 2.25. The molecule has 0 aromatic heterocycles. The summed E-state index contributed by atoms with van der Waals surface area (Å²) in [6.45, 7) is 4.77. The van der Waals surface area contributed by atoms with Crippen molar-refractivity contribution in [1.82, 2.24) is 0 Å². The Balaban J connectivity index is 4.22. The van der Waals surface area contributed by atoms with Gasteiger partial charge in [0.25, 0.3) is 6.29 Å². The van der Waals surface area contributed by atoms with E-state index >= 15 is 0 Å². The molecule has 0 amide bonds. The zero-order valence-corrected chi connectivity index (χ0v) is 52.9. The van der Waals surface area contributed by atoms with Crippen LogP contribution in [0, 0.1) is 0 Å². The molecule has 0 aliphatic rings. The topological polar surface area (TPSA) is 108 Å². The fourth-order valence-electron chi connectivity index (χ4n) is 8.97. The number of likely N-dealkylation sites (N-methyl/N-ethyl adjacent to an activating group) is 1. The summed E-state index contributed by atoms with van der Waals surface area (Å²) in [5, 5.41) is 9.73. The minimum Gasteiger partial charge on any atom is -0.477 e. The second-order valence-corrected chi connectivity index (χ2v) is 23.0. The van der Waals surface area contributed by atoms with Gasteiger partial charge in [-0.15, -0.1) is 0 Å². The molecule has 2 atom stereocenters. The third-order valence-corrected chi connectivity index (χ3v) is 14.0. The number of ether oxygens (including phenoxy) is 4. The number of allylic oxidation sites excluding steroid dienone is 18. The van der Waals surface area contributed by atoms with Crippen molar-refractivity contribution < 1.29 is 42.9 Å². The van der Waals surface area contributed by atoms with E-state index in [0.717, 1.165) is 96.3 Å². The van der Waals surface area contributed by atoms with E-state index in [1.165, 1.54) is 141 Å². The lowest BCUT2D eigenvalue weighted by Crippen LogP contribution is -2.40. The van der Waals surface area contributed by atoms with Crippen LogP contribution in [-0.2, 0) is 33.3 Å². The van der Waals surface area contributed by atoms with Gasteiger partial charge in [-0.2, -0.15) is 0 Å². The largest absolute Gasteiger partial charge is 0.477 e. The molecule has 464 valence electrons. The molecule has 0 aromatic rings. The molecule has 0 saturated carbocycles. The summed E-state index contributed by atoms with van der Waals surface area (Å²) in [6, 6.07) is 0. The second-order valence-electron chi connectivity index (χ2n) is 23.0. The molecule has 0 aliphatic carbocycles. The van der Waals surface area contributed by atoms with Crippen LogP contribution >= 0.6 is 0 Å². The molecular weight excluding hydrogens is 1010 g/mol. The molecule has 2 unspecified atom stereocenters. The summed E-state index contributed by atoms with van der Waals surface area (Å²) < 4.78 is 22.9. The number of rotatable bonds is 60. The van der Waals surface area contributed by atoms with Gasteiger partial charge in [-0.3, -0.25) is 9.59 Å². The highest BCUT2D eigenvalue weighted by molar-refractivity contribution is 5.71. The van der Waals surface area contributed by atoms with Crippen LogP contribution < -0.4 is 0 Å². The van der Waals surface area contributed by atoms with Gasteiger partial charge in [-0.1, -0.05) is 264 Å². The van der Waals surface area contributed by atoms with E-state index in [1.807, 2.05) is 21.1 Å². The Morgan fingerprint density at radius 1 is 0.383 bits per heavy atom. The zero-order valence-electron chi connectivity index (χ0n) is 52.9. The number of carboxylic acids is 1. The van der Waals surface area contributed by atoms with Gasteiger partial charge in [0.2, 0.25) is 0 Å². The van der Waals surface area contributed by atoms with Crippen LogP contribution in [0.15, 0.2) is 109 Å². The van der Waals surface area contributed by atoms with E-state index in [-0.39, 0.29) is 32.2 Å². The van der Waals surface area contributed by atoms with Gasteiger partial charge in [0.1, 0.15) is 13.2 Å². The predicted molar refractivity (Wildman–Crippen MR) is 345 cm³/mol. The van der Waals surface area contributed by atoms with E-state index in [4.69, 9.17) is 18.9 Å². The number of esters is 2. The van der Waals surface area contributed by atoms with Crippen molar-refractivity contribution in [2.75, 3.05) is 47.5 Å². The van der Waals surface area contributed by atoms with Gasteiger partial charge in [0, 0.05) is 12.8 Å². The molecule has 0 radical (unpaired) electrons. The maximum Gasteiger partial charge on any atom is 0.361 e. The average Bonchev–Trinajstić information content (AvgIpc) is 3.44. The Kier molecular flexibility index (Phi) is 58.9. The number of hydrogen-bond acceptors (Lipinski definition) is 7. The molecule has 9 nitrogen and oxygen atoms in total. The minimum absolute atomic E-state index is 0.181. The quantitative estimate of drug-likeness (QED) is 0.0211. The van der Waals surface area contributed by atoms with Crippen LogP contribution in [-0.4, -0.2) is 87.4 Å². The van der Waals surface area contributed by atoms with Crippen LogP contribution in [0.3, 0.4) is 0 Å². The van der Waals surface area contributed by atoms with Crippen molar-refractivity contribution in [3.05, 3.63) is 109 Å². The summed E-state index contributed by atoms with van der Waals surface area (Å²) in [5.74, 6) is -2.02. The van der Waals surface area contributed by atoms with Crippen LogP contribution in [0.4, 0.5) is 0 Å². The summed E-state index contributed by atoms with van der Waals surface area (Å²) in [5.41, 5.74) is 0. The number of carbonyl (C=O) groups excluding carboxylic acids is 2. The van der Waals surface area contributed by atoms with Crippen molar-refractivity contribution in [1.29, 1.82) is 0 Å². The molecule has 1 N–H and O–H groups in total. The normalized spacial score (nSPS) is 13.4. The van der Waals surface area contributed by atoms with Crippen LogP contribution in [0.2, 0.25) is 0 Å². The Hall–Kier alpha value is -4.05. The van der Waals surface area contributed by atoms with Gasteiger partial charge >= 0.3 is 17.9 Å². The van der Waals surface area contributed by atoms with Crippen LogP contribution in [0.25, 0.3) is 0 Å². The number of aliphatic carboxylic acids is 1. The first-order valence-electron chi connectivity index (χ1n) is 33.1. The summed E-state index contributed by atoms with van der Waals surface area (Å²) >= 11 is 0. The first kappa shape index (κ1) is 77.0. The summed E-state index contributed by atoms with van der Waals surface area (Å²) in [4.78, 5) is 37.6. The van der Waals surface area contributed by atoms with Crippen molar-refractivity contribution in [2.45, 2.75) is 283 Å². The van der Waals surface area contributed by atoms with E-state index in [1.54, 1.807) is 0 Å². The monoisotopic (exact) mass is 1130 g/mol. The molecular formula is C72H124NO8+. The van der Waals surface area contributed by atoms with Crippen LogP contribution in [0.1, 0.15) is 271 Å². The van der Waals surface area contributed by atoms with Crippen molar-refractivity contribution in [3.63, 3.8) is 0 Å². The third kappa shape index (κ3) is 63.4. The van der Waals surface area contributed by atoms with E-state index < -0.39 is 24.3 Å². The second kappa shape index (κ2) is 62.0. The zero-order chi connectivity index (χ0) is 59.1. The molecule has 0 heterocycles. The predicted octanol–water partition coefficient (Wildman–Crippen LogP) is 20.2. The van der Waals surface area contributed by atoms with Gasteiger partial charge in [-0.05, 0) is 103 Å². The fraction of sp³-hybridized carbons (Fsp3) is 0.708. The number of carbonyl (C=O) groups is 3. The lowest BCUT2D eigenvalue weighted by atomic mass is 10.0. The average molecular weight is 1130 g/mol. The maximum atomic E-state index is 12.9. The Bertz CT molecular complexity index is 1700. The highest BCUT2D eigenvalue weighted by Crippen LogP contribution is 2.16. The molecule has 81 heavy (non-hydrogen) atoms. The summed E-state index contributed by atoms with van der Waals surface area (Å²) in [6.07, 6.45) is 83.2. The SMILES string of the molecule is CC/C=C\C/C=C\C/C=C\C/C=C\C/C=C\C/C=C\C/C=C\C/C=C\CCCCCCCCCCC(=O)OC(COC(=O)CCCCCCCCCCCCC/C=C\CCCCCCCCCC)COC(OCC[N+](C)(C)C)C(=O)O. The molecule has 0 fully saturated rings. The lowest BCUT2D eigenvalue weighted by Gasteiger charge is -2.25.